The van der Waals surface area contributed by atoms with Crippen molar-refractivity contribution in [2.24, 2.45) is 0 Å². The fourth-order valence-electron chi connectivity index (χ4n) is 1.28. The molecule has 1 amide bonds. The number of nitrogens with one attached hydrogen (secondary N) is 2. The van der Waals surface area contributed by atoms with Gasteiger partial charge in [0.15, 0.2) is 0 Å². The second kappa shape index (κ2) is 6.65. The number of carbonyl (C=O) groups excluding carboxylic acids is 1. The molecule has 0 spiro atoms. The average Bonchev–Trinajstić information content (AvgIpc) is 2.30. The fraction of sp³-hybridized carbons (Fsp3) is 0.308. The summed E-state index contributed by atoms with van der Waals surface area (Å²) in [5, 5.41) is 5.61. The summed E-state index contributed by atoms with van der Waals surface area (Å²) in [6, 6.07) is 7.81. The molecule has 16 heavy (non-hydrogen) atoms. The van der Waals surface area contributed by atoms with E-state index in [1.165, 1.54) is 5.56 Å². The third-order valence-electron chi connectivity index (χ3n) is 2.16. The minimum Gasteiger partial charge on any atom is -0.325 e. The Kier molecular flexibility index (Phi) is 5.10. The van der Waals surface area contributed by atoms with E-state index in [4.69, 9.17) is 6.42 Å². The maximum atomic E-state index is 11.4. The van der Waals surface area contributed by atoms with Crippen LogP contribution in [0.15, 0.2) is 24.3 Å². The van der Waals surface area contributed by atoms with Crippen LogP contribution in [0.4, 0.5) is 5.69 Å². The highest BCUT2D eigenvalue weighted by atomic mass is 16.1. The molecular weight excluding hydrogens is 200 g/mol. The van der Waals surface area contributed by atoms with E-state index in [0.717, 1.165) is 12.1 Å². The summed E-state index contributed by atoms with van der Waals surface area (Å²) in [6.07, 6.45) is 6.05. The lowest BCUT2D eigenvalue weighted by atomic mass is 10.1. The first-order valence-corrected chi connectivity index (χ1v) is 5.29. The number of carbonyl (C=O) groups is 1. The Morgan fingerprint density at radius 3 is 2.62 bits per heavy atom. The van der Waals surface area contributed by atoms with Gasteiger partial charge in [-0.2, -0.15) is 0 Å². The van der Waals surface area contributed by atoms with E-state index in [9.17, 15) is 4.79 Å². The third-order valence-corrected chi connectivity index (χ3v) is 2.16. The Hall–Kier alpha value is -1.79. The van der Waals surface area contributed by atoms with Gasteiger partial charge in [-0.25, -0.2) is 0 Å². The van der Waals surface area contributed by atoms with Crippen LogP contribution in [0.2, 0.25) is 0 Å². The summed E-state index contributed by atoms with van der Waals surface area (Å²) in [5.41, 5.74) is 2.06. The number of benzene rings is 1. The second-order valence-electron chi connectivity index (χ2n) is 3.41. The quantitative estimate of drug-likeness (QED) is 0.577. The van der Waals surface area contributed by atoms with Gasteiger partial charge in [0.05, 0.1) is 13.1 Å². The highest BCUT2D eigenvalue weighted by Crippen LogP contribution is 2.09. The first-order valence-electron chi connectivity index (χ1n) is 5.29. The van der Waals surface area contributed by atoms with Crippen molar-refractivity contribution in [3.63, 3.8) is 0 Å². The maximum Gasteiger partial charge on any atom is 0.238 e. The van der Waals surface area contributed by atoms with Crippen molar-refractivity contribution in [1.29, 1.82) is 0 Å². The Balaban J connectivity index is 2.41. The molecule has 0 unspecified atom stereocenters. The largest absolute Gasteiger partial charge is 0.325 e. The molecule has 3 nitrogen and oxygen atoms in total. The number of rotatable bonds is 5. The molecule has 1 aromatic rings. The van der Waals surface area contributed by atoms with Crippen molar-refractivity contribution in [2.75, 3.05) is 18.4 Å². The van der Waals surface area contributed by atoms with Crippen molar-refractivity contribution in [1.82, 2.24) is 5.32 Å². The van der Waals surface area contributed by atoms with Gasteiger partial charge in [-0.05, 0) is 24.1 Å². The van der Waals surface area contributed by atoms with Crippen molar-refractivity contribution >= 4 is 11.6 Å². The van der Waals surface area contributed by atoms with E-state index in [1.54, 1.807) is 0 Å². The van der Waals surface area contributed by atoms with Crippen LogP contribution in [-0.2, 0) is 11.2 Å². The lowest BCUT2D eigenvalue weighted by Crippen LogP contribution is -2.28. The summed E-state index contributed by atoms with van der Waals surface area (Å²) < 4.78 is 0. The number of hydrogen-bond donors (Lipinski definition) is 2. The molecule has 0 atom stereocenters. The molecule has 0 saturated heterocycles. The summed E-state index contributed by atoms with van der Waals surface area (Å²) in [5.74, 6) is 2.33. The van der Waals surface area contributed by atoms with E-state index in [1.807, 2.05) is 24.3 Å². The smallest absolute Gasteiger partial charge is 0.238 e. The van der Waals surface area contributed by atoms with Gasteiger partial charge in [0, 0.05) is 5.69 Å². The molecule has 0 heterocycles. The minimum atomic E-state index is -0.0838. The van der Waals surface area contributed by atoms with Gasteiger partial charge in [0.25, 0.3) is 0 Å². The highest BCUT2D eigenvalue weighted by molar-refractivity contribution is 5.92. The second-order valence-corrected chi connectivity index (χ2v) is 3.41. The van der Waals surface area contributed by atoms with Gasteiger partial charge in [-0.1, -0.05) is 25.0 Å². The monoisotopic (exact) mass is 216 g/mol. The van der Waals surface area contributed by atoms with Crippen molar-refractivity contribution in [3.8, 4) is 12.3 Å². The van der Waals surface area contributed by atoms with E-state index in [2.05, 4.69) is 23.5 Å². The van der Waals surface area contributed by atoms with Crippen LogP contribution in [-0.4, -0.2) is 19.0 Å². The zero-order valence-corrected chi connectivity index (χ0v) is 9.42. The zero-order chi connectivity index (χ0) is 11.8. The molecule has 84 valence electrons. The molecule has 0 aliphatic heterocycles. The number of amides is 1. The third kappa shape index (κ3) is 4.16. The van der Waals surface area contributed by atoms with E-state index in [0.29, 0.717) is 6.54 Å². The normalized spacial score (nSPS) is 9.50. The average molecular weight is 216 g/mol. The van der Waals surface area contributed by atoms with E-state index >= 15 is 0 Å². The SMILES string of the molecule is C#CCNCC(=O)Nc1ccc(CC)cc1. The molecule has 0 aliphatic rings. The van der Waals surface area contributed by atoms with Crippen molar-refractivity contribution in [3.05, 3.63) is 29.8 Å². The van der Waals surface area contributed by atoms with Gasteiger partial charge >= 0.3 is 0 Å². The van der Waals surface area contributed by atoms with Crippen molar-refractivity contribution in [2.45, 2.75) is 13.3 Å². The topological polar surface area (TPSA) is 41.1 Å². The number of terminal acetylenes is 1. The van der Waals surface area contributed by atoms with E-state index < -0.39 is 0 Å². The van der Waals surface area contributed by atoms with Crippen molar-refractivity contribution < 1.29 is 4.79 Å². The molecule has 0 fully saturated rings. The predicted molar refractivity (Wildman–Crippen MR) is 66.2 cm³/mol. The number of aryl methyl sites for hydroxylation is 1. The molecule has 0 saturated carbocycles. The molecule has 1 aromatic carbocycles. The molecular formula is C13H16N2O. The molecule has 2 N–H and O–H groups in total. The van der Waals surface area contributed by atoms with Gasteiger partial charge in [-0.15, -0.1) is 6.42 Å². The number of hydrogen-bond acceptors (Lipinski definition) is 2. The van der Waals surface area contributed by atoms with Crippen LogP contribution in [0.1, 0.15) is 12.5 Å². The number of anilines is 1. The predicted octanol–water partition coefficient (Wildman–Crippen LogP) is 1.41. The molecule has 1 rings (SSSR count). The summed E-state index contributed by atoms with van der Waals surface area (Å²) in [7, 11) is 0. The summed E-state index contributed by atoms with van der Waals surface area (Å²) in [4.78, 5) is 11.4. The molecule has 0 radical (unpaired) electrons. The maximum absolute atomic E-state index is 11.4. The Morgan fingerprint density at radius 2 is 2.06 bits per heavy atom. The van der Waals surface area contributed by atoms with Crippen LogP contribution in [0.25, 0.3) is 0 Å². The van der Waals surface area contributed by atoms with Crippen LogP contribution in [0.3, 0.4) is 0 Å². The Bertz CT molecular complexity index is 376. The minimum absolute atomic E-state index is 0.0838. The van der Waals surface area contributed by atoms with Gasteiger partial charge in [0.1, 0.15) is 0 Å². The molecule has 3 heteroatoms. The van der Waals surface area contributed by atoms with Gasteiger partial charge in [-0.3, -0.25) is 10.1 Å². The fourth-order valence-corrected chi connectivity index (χ4v) is 1.28. The highest BCUT2D eigenvalue weighted by Gasteiger charge is 2.00. The van der Waals surface area contributed by atoms with Crippen LogP contribution in [0, 0.1) is 12.3 Å². The Morgan fingerprint density at radius 1 is 1.38 bits per heavy atom. The molecule has 0 aliphatic carbocycles. The zero-order valence-electron chi connectivity index (χ0n) is 9.42. The lowest BCUT2D eigenvalue weighted by molar-refractivity contribution is -0.115. The summed E-state index contributed by atoms with van der Waals surface area (Å²) in [6.45, 7) is 2.74. The molecule has 0 aromatic heterocycles. The standard InChI is InChI=1S/C13H16N2O/c1-3-9-14-10-13(16)15-12-7-5-11(4-2)6-8-12/h1,5-8,14H,4,9-10H2,2H3,(H,15,16). The van der Waals surface area contributed by atoms with E-state index in [-0.39, 0.29) is 12.5 Å². The van der Waals surface area contributed by atoms with Gasteiger partial charge in [0.2, 0.25) is 5.91 Å². The first-order chi connectivity index (χ1) is 7.76. The first kappa shape index (κ1) is 12.3. The molecule has 0 bridgehead atoms. The van der Waals surface area contributed by atoms with Crippen LogP contribution < -0.4 is 10.6 Å². The Labute approximate surface area is 96.2 Å². The van der Waals surface area contributed by atoms with Crippen LogP contribution >= 0.6 is 0 Å². The lowest BCUT2D eigenvalue weighted by Gasteiger charge is -2.05. The van der Waals surface area contributed by atoms with Crippen LogP contribution in [0.5, 0.6) is 0 Å². The summed E-state index contributed by atoms with van der Waals surface area (Å²) >= 11 is 0. The van der Waals surface area contributed by atoms with Gasteiger partial charge < -0.3 is 5.32 Å².